The second kappa shape index (κ2) is 1.25. The quantitative estimate of drug-likeness (QED) is 0.425. The van der Waals surface area contributed by atoms with Crippen LogP contribution in [0.1, 0.15) is 26.7 Å². The maximum atomic E-state index is 2.29. The summed E-state index contributed by atoms with van der Waals surface area (Å²) in [4.78, 5) is 0. The molecule has 1 fully saturated rings. The van der Waals surface area contributed by atoms with Crippen molar-refractivity contribution < 1.29 is 0 Å². The SMILES string of the molecule is CC[C-]1CC1C. The van der Waals surface area contributed by atoms with Gasteiger partial charge in [0, 0.05) is 0 Å². The average Bonchev–Trinajstić information content (AvgIpc) is 2.19. The molecule has 0 aromatic rings. The summed E-state index contributed by atoms with van der Waals surface area (Å²) in [5.74, 6) is 2.74. The molecule has 0 amide bonds. The van der Waals surface area contributed by atoms with Gasteiger partial charge in [-0.3, -0.25) is 0 Å². The van der Waals surface area contributed by atoms with Gasteiger partial charge in [-0.1, -0.05) is 13.8 Å². The highest BCUT2D eigenvalue weighted by Crippen LogP contribution is 2.42. The Morgan fingerprint density at radius 2 is 2.33 bits per heavy atom. The standard InChI is InChI=1S/C6H11/c1-3-6-4-5(6)2/h5H,3-4H2,1-2H3/q-1. The fourth-order valence-corrected chi connectivity index (χ4v) is 0.827. The van der Waals surface area contributed by atoms with Crippen LogP contribution in [0.25, 0.3) is 0 Å². The van der Waals surface area contributed by atoms with Crippen LogP contribution in [-0.2, 0) is 0 Å². The van der Waals surface area contributed by atoms with Gasteiger partial charge in [-0.15, -0.1) is 0 Å². The van der Waals surface area contributed by atoms with Crippen LogP contribution in [0, 0.1) is 11.8 Å². The summed E-state index contributed by atoms with van der Waals surface area (Å²) in [6.07, 6.45) is 2.73. The molecule has 0 radical (unpaired) electrons. The maximum absolute atomic E-state index is 2.29. The van der Waals surface area contributed by atoms with Gasteiger partial charge in [0.05, 0.1) is 0 Å². The van der Waals surface area contributed by atoms with E-state index in [1.54, 1.807) is 5.92 Å². The molecule has 0 heteroatoms. The van der Waals surface area contributed by atoms with Crippen molar-refractivity contribution in [3.63, 3.8) is 0 Å². The lowest BCUT2D eigenvalue weighted by molar-refractivity contribution is 0.937. The van der Waals surface area contributed by atoms with Gasteiger partial charge in [0.25, 0.3) is 0 Å². The monoisotopic (exact) mass is 83.1 g/mol. The maximum Gasteiger partial charge on any atom is -0.0919 e. The molecule has 0 spiro atoms. The summed E-state index contributed by atoms with van der Waals surface area (Å²) in [7, 11) is 0. The second-order valence-corrected chi connectivity index (χ2v) is 2.12. The van der Waals surface area contributed by atoms with E-state index in [1.165, 1.54) is 12.8 Å². The van der Waals surface area contributed by atoms with Gasteiger partial charge in [0.2, 0.25) is 0 Å². The van der Waals surface area contributed by atoms with E-state index < -0.39 is 0 Å². The van der Waals surface area contributed by atoms with E-state index in [2.05, 4.69) is 13.8 Å². The minimum atomic E-state index is 0.981. The van der Waals surface area contributed by atoms with E-state index in [9.17, 15) is 0 Å². The summed E-state index contributed by atoms with van der Waals surface area (Å²) >= 11 is 0. The molecule has 36 valence electrons. The molecule has 1 saturated carbocycles. The summed E-state index contributed by atoms with van der Waals surface area (Å²) in [5.41, 5.74) is 0. The lowest BCUT2D eigenvalue weighted by atomic mass is 10.3. The van der Waals surface area contributed by atoms with E-state index in [4.69, 9.17) is 0 Å². The molecule has 1 aliphatic carbocycles. The van der Waals surface area contributed by atoms with Gasteiger partial charge in [-0.2, -0.15) is 12.3 Å². The van der Waals surface area contributed by atoms with Crippen molar-refractivity contribution in [1.29, 1.82) is 0 Å². The molecule has 0 aliphatic heterocycles. The molecule has 0 nitrogen and oxygen atoms in total. The van der Waals surface area contributed by atoms with Crippen molar-refractivity contribution in [1.82, 2.24) is 0 Å². The highest BCUT2D eigenvalue weighted by molar-refractivity contribution is 5.10. The van der Waals surface area contributed by atoms with E-state index >= 15 is 0 Å². The van der Waals surface area contributed by atoms with Crippen molar-refractivity contribution in [3.8, 4) is 0 Å². The van der Waals surface area contributed by atoms with Crippen LogP contribution < -0.4 is 0 Å². The first kappa shape index (κ1) is 4.17. The first-order chi connectivity index (χ1) is 2.84. The van der Waals surface area contributed by atoms with Gasteiger partial charge in [0.1, 0.15) is 0 Å². The molecule has 0 saturated heterocycles. The van der Waals surface area contributed by atoms with Crippen LogP contribution in [-0.4, -0.2) is 0 Å². The summed E-state index contributed by atoms with van der Waals surface area (Å²) < 4.78 is 0. The zero-order valence-electron chi connectivity index (χ0n) is 4.49. The predicted octanol–water partition coefficient (Wildman–Crippen LogP) is 2.01. The molecular weight excluding hydrogens is 72.1 g/mol. The second-order valence-electron chi connectivity index (χ2n) is 2.12. The number of rotatable bonds is 1. The summed E-state index contributed by atoms with van der Waals surface area (Å²) in [6, 6.07) is 0. The zero-order chi connectivity index (χ0) is 4.57. The third kappa shape index (κ3) is 0.562. The Morgan fingerprint density at radius 3 is 2.33 bits per heavy atom. The molecule has 0 bridgehead atoms. The van der Waals surface area contributed by atoms with Gasteiger partial charge in [0.15, 0.2) is 0 Å². The van der Waals surface area contributed by atoms with Crippen molar-refractivity contribution in [2.75, 3.05) is 0 Å². The van der Waals surface area contributed by atoms with Gasteiger partial charge in [-0.25, -0.2) is 6.42 Å². The summed E-state index contributed by atoms with van der Waals surface area (Å²) in [5, 5.41) is 0. The van der Waals surface area contributed by atoms with Gasteiger partial charge < -0.3 is 5.92 Å². The van der Waals surface area contributed by atoms with Crippen LogP contribution in [0.4, 0.5) is 0 Å². The van der Waals surface area contributed by atoms with E-state index in [0.717, 1.165) is 5.92 Å². The fraction of sp³-hybridized carbons (Fsp3) is 0.833. The first-order valence-electron chi connectivity index (χ1n) is 2.69. The topological polar surface area (TPSA) is 0 Å². The predicted molar refractivity (Wildman–Crippen MR) is 27.3 cm³/mol. The Morgan fingerprint density at radius 1 is 1.83 bits per heavy atom. The molecule has 0 aromatic heterocycles. The Labute approximate surface area is 39.6 Å². The van der Waals surface area contributed by atoms with Gasteiger partial charge in [-0.05, 0) is 0 Å². The molecule has 6 heavy (non-hydrogen) atoms. The highest BCUT2D eigenvalue weighted by atomic mass is 14.3. The van der Waals surface area contributed by atoms with Crippen LogP contribution in [0.2, 0.25) is 0 Å². The minimum Gasteiger partial charge on any atom is -0.316 e. The molecule has 1 rings (SSSR count). The van der Waals surface area contributed by atoms with Gasteiger partial charge >= 0.3 is 0 Å². The fourth-order valence-electron chi connectivity index (χ4n) is 0.827. The Balaban J connectivity index is 2.09. The zero-order valence-corrected chi connectivity index (χ0v) is 4.49. The van der Waals surface area contributed by atoms with E-state index in [0.29, 0.717) is 0 Å². The van der Waals surface area contributed by atoms with Crippen molar-refractivity contribution in [3.05, 3.63) is 5.92 Å². The highest BCUT2D eigenvalue weighted by Gasteiger charge is 2.11. The van der Waals surface area contributed by atoms with E-state index in [1.807, 2.05) is 0 Å². The lowest BCUT2D eigenvalue weighted by Crippen LogP contribution is -1.65. The third-order valence-electron chi connectivity index (χ3n) is 1.56. The molecular formula is C6H11-. The Bertz CT molecular complexity index is 46.0. The van der Waals surface area contributed by atoms with E-state index in [-0.39, 0.29) is 0 Å². The van der Waals surface area contributed by atoms with Crippen molar-refractivity contribution >= 4 is 0 Å². The normalized spacial score (nSPS) is 34.0. The molecule has 0 aromatic carbocycles. The van der Waals surface area contributed by atoms with Crippen LogP contribution in [0.3, 0.4) is 0 Å². The lowest BCUT2D eigenvalue weighted by Gasteiger charge is -1.96. The number of hydrogen-bond donors (Lipinski definition) is 0. The van der Waals surface area contributed by atoms with Crippen LogP contribution in [0.15, 0.2) is 0 Å². The molecule has 1 atom stereocenters. The Kier molecular flexibility index (Phi) is 0.868. The minimum absolute atomic E-state index is 0.981. The molecule has 1 aliphatic rings. The van der Waals surface area contributed by atoms with Crippen LogP contribution >= 0.6 is 0 Å². The largest absolute Gasteiger partial charge is 0.316 e. The summed E-state index contributed by atoms with van der Waals surface area (Å²) in [6.45, 7) is 4.53. The average molecular weight is 83.2 g/mol. The van der Waals surface area contributed by atoms with Crippen molar-refractivity contribution in [2.45, 2.75) is 26.7 Å². The van der Waals surface area contributed by atoms with Crippen molar-refractivity contribution in [2.24, 2.45) is 5.92 Å². The van der Waals surface area contributed by atoms with Crippen LogP contribution in [0.5, 0.6) is 0 Å². The molecule has 0 heterocycles. The molecule has 0 N–H and O–H groups in total. The Hall–Kier alpha value is 0. The number of hydrogen-bond acceptors (Lipinski definition) is 0. The molecule has 1 unspecified atom stereocenters. The smallest absolute Gasteiger partial charge is 0.0919 e. The first-order valence-corrected chi connectivity index (χ1v) is 2.69. The third-order valence-corrected chi connectivity index (χ3v) is 1.56.